The predicted molar refractivity (Wildman–Crippen MR) is 79.8 cm³/mol. The number of halogens is 3. The fourth-order valence-electron chi connectivity index (χ4n) is 1.80. The van der Waals surface area contributed by atoms with Gasteiger partial charge in [-0.1, -0.05) is 0 Å². The summed E-state index contributed by atoms with van der Waals surface area (Å²) < 4.78 is 17.4. The van der Waals surface area contributed by atoms with Crippen molar-refractivity contribution in [1.29, 1.82) is 0 Å². The summed E-state index contributed by atoms with van der Waals surface area (Å²) in [6.45, 7) is 0.662. The van der Waals surface area contributed by atoms with Crippen LogP contribution in [0.3, 0.4) is 0 Å². The second-order valence-corrected chi connectivity index (χ2v) is 4.96. The topological polar surface area (TPSA) is 35.6 Å². The SMILES string of the molecule is Cl.Fc1ccc(-n2cnc(Cn3ccnc3)c2)cc1Br. The van der Waals surface area contributed by atoms with E-state index in [-0.39, 0.29) is 18.2 Å². The van der Waals surface area contributed by atoms with E-state index in [1.807, 2.05) is 21.5 Å². The van der Waals surface area contributed by atoms with Gasteiger partial charge in [0.25, 0.3) is 0 Å². The summed E-state index contributed by atoms with van der Waals surface area (Å²) in [6.07, 6.45) is 8.99. The maximum Gasteiger partial charge on any atom is 0.137 e. The van der Waals surface area contributed by atoms with Gasteiger partial charge in [0, 0.05) is 24.3 Å². The van der Waals surface area contributed by atoms with Gasteiger partial charge in [0.05, 0.1) is 29.4 Å². The minimum absolute atomic E-state index is 0. The van der Waals surface area contributed by atoms with Crippen molar-refractivity contribution in [2.45, 2.75) is 6.54 Å². The Hall–Kier alpha value is -1.66. The van der Waals surface area contributed by atoms with Crippen LogP contribution in [-0.4, -0.2) is 19.1 Å². The van der Waals surface area contributed by atoms with Gasteiger partial charge >= 0.3 is 0 Å². The lowest BCUT2D eigenvalue weighted by Gasteiger charge is -2.03. The third-order valence-corrected chi connectivity index (χ3v) is 3.35. The summed E-state index contributed by atoms with van der Waals surface area (Å²) in [5.41, 5.74) is 1.77. The molecule has 0 aliphatic rings. The molecule has 0 radical (unpaired) electrons. The largest absolute Gasteiger partial charge is 0.331 e. The molecule has 7 heteroatoms. The molecule has 0 unspecified atom stereocenters. The Bertz CT molecular complexity index is 696. The first-order valence-corrected chi connectivity index (χ1v) is 6.46. The smallest absolute Gasteiger partial charge is 0.137 e. The molecule has 2 aromatic heterocycles. The van der Waals surface area contributed by atoms with Crippen molar-refractivity contribution in [3.05, 3.63) is 65.4 Å². The first-order chi connectivity index (χ1) is 9.22. The Morgan fingerprint density at radius 2 is 2.10 bits per heavy atom. The van der Waals surface area contributed by atoms with Crippen LogP contribution < -0.4 is 0 Å². The number of rotatable bonds is 3. The number of hydrogen-bond donors (Lipinski definition) is 0. The molecule has 0 bridgehead atoms. The van der Waals surface area contributed by atoms with Crippen LogP contribution in [0.1, 0.15) is 5.69 Å². The second-order valence-electron chi connectivity index (χ2n) is 4.11. The molecule has 1 aromatic carbocycles. The maximum absolute atomic E-state index is 13.2. The Morgan fingerprint density at radius 1 is 1.25 bits per heavy atom. The van der Waals surface area contributed by atoms with E-state index in [4.69, 9.17) is 0 Å². The van der Waals surface area contributed by atoms with E-state index in [2.05, 4.69) is 25.9 Å². The van der Waals surface area contributed by atoms with E-state index in [1.165, 1.54) is 6.07 Å². The minimum atomic E-state index is -0.275. The number of benzene rings is 1. The van der Waals surface area contributed by atoms with Crippen LogP contribution in [0, 0.1) is 5.82 Å². The summed E-state index contributed by atoms with van der Waals surface area (Å²) in [6, 6.07) is 4.86. The van der Waals surface area contributed by atoms with Gasteiger partial charge in [0.1, 0.15) is 5.82 Å². The lowest BCUT2D eigenvalue weighted by atomic mass is 10.3. The highest BCUT2D eigenvalue weighted by Gasteiger charge is 2.04. The average molecular weight is 358 g/mol. The maximum atomic E-state index is 13.2. The van der Waals surface area contributed by atoms with E-state index >= 15 is 0 Å². The Morgan fingerprint density at radius 3 is 2.80 bits per heavy atom. The van der Waals surface area contributed by atoms with Crippen molar-refractivity contribution in [2.24, 2.45) is 0 Å². The van der Waals surface area contributed by atoms with Crippen LogP contribution in [0.5, 0.6) is 0 Å². The Labute approximate surface area is 129 Å². The Kier molecular flexibility index (Phi) is 4.57. The minimum Gasteiger partial charge on any atom is -0.331 e. The number of aromatic nitrogens is 4. The average Bonchev–Trinajstić information content (AvgIpc) is 3.05. The zero-order valence-corrected chi connectivity index (χ0v) is 12.7. The third kappa shape index (κ3) is 3.08. The van der Waals surface area contributed by atoms with Gasteiger partial charge in [-0.05, 0) is 34.1 Å². The first-order valence-electron chi connectivity index (χ1n) is 5.66. The number of hydrogen-bond acceptors (Lipinski definition) is 2. The summed E-state index contributed by atoms with van der Waals surface area (Å²) >= 11 is 3.18. The van der Waals surface area contributed by atoms with Crippen molar-refractivity contribution in [1.82, 2.24) is 19.1 Å². The molecule has 104 valence electrons. The fraction of sp³-hybridized carbons (Fsp3) is 0.0769. The van der Waals surface area contributed by atoms with Gasteiger partial charge in [-0.2, -0.15) is 0 Å². The highest BCUT2D eigenvalue weighted by molar-refractivity contribution is 9.10. The van der Waals surface area contributed by atoms with Crippen LogP contribution in [0.4, 0.5) is 4.39 Å². The molecule has 0 atom stereocenters. The molecule has 0 saturated heterocycles. The lowest BCUT2D eigenvalue weighted by molar-refractivity contribution is 0.620. The van der Waals surface area contributed by atoms with E-state index in [1.54, 1.807) is 31.0 Å². The fourth-order valence-corrected chi connectivity index (χ4v) is 2.17. The lowest BCUT2D eigenvalue weighted by Crippen LogP contribution is -1.96. The molecule has 0 saturated carbocycles. The van der Waals surface area contributed by atoms with Crippen molar-refractivity contribution >= 4 is 28.3 Å². The van der Waals surface area contributed by atoms with Gasteiger partial charge in [0.15, 0.2) is 0 Å². The monoisotopic (exact) mass is 356 g/mol. The van der Waals surface area contributed by atoms with Gasteiger partial charge in [-0.3, -0.25) is 0 Å². The highest BCUT2D eigenvalue weighted by atomic mass is 79.9. The zero-order valence-electron chi connectivity index (χ0n) is 10.3. The van der Waals surface area contributed by atoms with Crippen LogP contribution in [0.25, 0.3) is 5.69 Å². The molecule has 0 aliphatic heterocycles. The summed E-state index contributed by atoms with van der Waals surface area (Å²) in [4.78, 5) is 8.31. The molecule has 0 amide bonds. The third-order valence-electron chi connectivity index (χ3n) is 2.74. The van der Waals surface area contributed by atoms with E-state index < -0.39 is 0 Å². The van der Waals surface area contributed by atoms with E-state index in [9.17, 15) is 4.39 Å². The second kappa shape index (κ2) is 6.19. The molecular weight excluding hydrogens is 347 g/mol. The summed E-state index contributed by atoms with van der Waals surface area (Å²) in [5.74, 6) is -0.275. The van der Waals surface area contributed by atoms with Crippen molar-refractivity contribution in [3.63, 3.8) is 0 Å². The highest BCUT2D eigenvalue weighted by Crippen LogP contribution is 2.19. The van der Waals surface area contributed by atoms with Gasteiger partial charge in [0.2, 0.25) is 0 Å². The first kappa shape index (κ1) is 14.7. The predicted octanol–water partition coefficient (Wildman–Crippen LogP) is 3.44. The quantitative estimate of drug-likeness (QED) is 0.720. The molecule has 3 aromatic rings. The van der Waals surface area contributed by atoms with E-state index in [0.717, 1.165) is 11.4 Å². The van der Waals surface area contributed by atoms with Gasteiger partial charge < -0.3 is 9.13 Å². The Balaban J connectivity index is 0.00000147. The molecule has 3 rings (SSSR count). The molecule has 0 aliphatic carbocycles. The van der Waals surface area contributed by atoms with Crippen molar-refractivity contribution in [2.75, 3.05) is 0 Å². The standard InChI is InChI=1S/C13H10BrFN4.ClH/c14-12-5-11(1-2-13(12)15)19-7-10(17-9-19)6-18-4-3-16-8-18;/h1-5,7-9H,6H2;1H. The normalized spacial score (nSPS) is 10.3. The summed E-state index contributed by atoms with van der Waals surface area (Å²) in [5, 5.41) is 0. The van der Waals surface area contributed by atoms with E-state index in [0.29, 0.717) is 11.0 Å². The molecule has 2 heterocycles. The summed E-state index contributed by atoms with van der Waals surface area (Å²) in [7, 11) is 0. The van der Waals surface area contributed by atoms with Crippen molar-refractivity contribution < 1.29 is 4.39 Å². The number of nitrogens with zero attached hydrogens (tertiary/aromatic N) is 4. The van der Waals surface area contributed by atoms with Gasteiger partial charge in [-0.15, -0.1) is 12.4 Å². The number of imidazole rings is 2. The molecule has 0 fully saturated rings. The molecular formula is C13H11BrClFN4. The van der Waals surface area contributed by atoms with Crippen LogP contribution in [-0.2, 0) is 6.54 Å². The van der Waals surface area contributed by atoms with Gasteiger partial charge in [-0.25, -0.2) is 14.4 Å². The molecule has 0 N–H and O–H groups in total. The molecule has 4 nitrogen and oxygen atoms in total. The van der Waals surface area contributed by atoms with Crippen LogP contribution in [0.15, 0.2) is 53.9 Å². The molecule has 20 heavy (non-hydrogen) atoms. The van der Waals surface area contributed by atoms with Crippen molar-refractivity contribution in [3.8, 4) is 5.69 Å². The van der Waals surface area contributed by atoms with Crippen LogP contribution in [0.2, 0.25) is 0 Å². The van der Waals surface area contributed by atoms with Crippen LogP contribution >= 0.6 is 28.3 Å². The zero-order chi connectivity index (χ0) is 13.2. The molecule has 0 spiro atoms.